The molecule has 0 aliphatic carbocycles. The molecule has 3 heteroatoms. The molecule has 2 aliphatic rings. The molecule has 0 radical (unpaired) electrons. The maximum atomic E-state index is 6.11. The Hall–Kier alpha value is -0.120. The van der Waals surface area contributed by atoms with Crippen molar-refractivity contribution in [3.63, 3.8) is 0 Å². The Morgan fingerprint density at radius 3 is 2.41 bits per heavy atom. The fourth-order valence-electron chi connectivity index (χ4n) is 3.66. The predicted octanol–water partition coefficient (Wildman–Crippen LogP) is 1.72. The minimum atomic E-state index is 0.138. The van der Waals surface area contributed by atoms with Gasteiger partial charge in [0.1, 0.15) is 0 Å². The number of rotatable bonds is 3. The Bertz CT molecular complexity index is 243. The molecule has 0 spiro atoms. The van der Waals surface area contributed by atoms with E-state index in [9.17, 15) is 0 Å². The van der Waals surface area contributed by atoms with E-state index in [-0.39, 0.29) is 5.54 Å². The molecule has 2 heterocycles. The fourth-order valence-corrected chi connectivity index (χ4v) is 3.66. The maximum absolute atomic E-state index is 6.11. The molecule has 0 aromatic rings. The Morgan fingerprint density at radius 1 is 1.29 bits per heavy atom. The van der Waals surface area contributed by atoms with Crippen LogP contribution in [0, 0.1) is 17.8 Å². The van der Waals surface area contributed by atoms with Crippen molar-refractivity contribution in [2.45, 2.75) is 39.2 Å². The largest absolute Gasteiger partial charge is 0.381 e. The summed E-state index contributed by atoms with van der Waals surface area (Å²) in [6.45, 7) is 12.0. The summed E-state index contributed by atoms with van der Waals surface area (Å²) in [5, 5.41) is 0. The minimum Gasteiger partial charge on any atom is -0.381 e. The van der Waals surface area contributed by atoms with Gasteiger partial charge in [0.05, 0.1) is 6.61 Å². The third-order valence-electron chi connectivity index (χ3n) is 4.81. The van der Waals surface area contributed by atoms with Crippen LogP contribution in [0.4, 0.5) is 0 Å². The lowest BCUT2D eigenvalue weighted by molar-refractivity contribution is -0.00121. The number of hydrogen-bond donors (Lipinski definition) is 1. The van der Waals surface area contributed by atoms with Gasteiger partial charge in [-0.05, 0) is 31.6 Å². The summed E-state index contributed by atoms with van der Waals surface area (Å²) in [6, 6.07) is 0. The van der Waals surface area contributed by atoms with E-state index in [1.165, 1.54) is 25.9 Å². The molecule has 0 amide bonds. The van der Waals surface area contributed by atoms with E-state index in [2.05, 4.69) is 25.7 Å². The van der Waals surface area contributed by atoms with Gasteiger partial charge in [0, 0.05) is 37.7 Å². The average Bonchev–Trinajstić information content (AvgIpc) is 2.80. The molecule has 2 aliphatic heterocycles. The van der Waals surface area contributed by atoms with E-state index in [1.807, 2.05) is 0 Å². The van der Waals surface area contributed by atoms with Crippen LogP contribution in [-0.2, 0) is 4.74 Å². The summed E-state index contributed by atoms with van der Waals surface area (Å²) < 4.78 is 5.57. The van der Waals surface area contributed by atoms with E-state index < -0.39 is 0 Å². The smallest absolute Gasteiger partial charge is 0.0513 e. The van der Waals surface area contributed by atoms with Crippen LogP contribution >= 0.6 is 0 Å². The van der Waals surface area contributed by atoms with Crippen molar-refractivity contribution in [3.8, 4) is 0 Å². The Morgan fingerprint density at radius 2 is 1.94 bits per heavy atom. The van der Waals surface area contributed by atoms with Crippen molar-refractivity contribution < 1.29 is 4.74 Å². The van der Waals surface area contributed by atoms with Crippen molar-refractivity contribution in [1.82, 2.24) is 4.90 Å². The zero-order chi connectivity index (χ0) is 12.5. The molecule has 4 atom stereocenters. The molecule has 0 bridgehead atoms. The highest BCUT2D eigenvalue weighted by Gasteiger charge is 2.42. The molecular weight excluding hydrogens is 212 g/mol. The number of piperidine rings is 1. The van der Waals surface area contributed by atoms with Crippen LogP contribution in [-0.4, -0.2) is 43.3 Å². The van der Waals surface area contributed by atoms with Gasteiger partial charge in [-0.2, -0.15) is 0 Å². The second-order valence-electron chi connectivity index (χ2n) is 6.47. The second kappa shape index (κ2) is 5.25. The summed E-state index contributed by atoms with van der Waals surface area (Å²) in [5.74, 6) is 2.21. The lowest BCUT2D eigenvalue weighted by atomic mass is 9.79. The van der Waals surface area contributed by atoms with Gasteiger partial charge in [-0.15, -0.1) is 0 Å². The van der Waals surface area contributed by atoms with Crippen LogP contribution in [0.1, 0.15) is 33.6 Å². The van der Waals surface area contributed by atoms with Crippen molar-refractivity contribution in [1.29, 1.82) is 0 Å². The molecule has 2 N–H and O–H groups in total. The molecule has 2 fully saturated rings. The number of hydrogen-bond acceptors (Lipinski definition) is 3. The summed E-state index contributed by atoms with van der Waals surface area (Å²) in [7, 11) is 0. The molecule has 0 aromatic carbocycles. The fraction of sp³-hybridized carbons (Fsp3) is 1.00. The number of nitrogens with zero attached hydrogens (tertiary/aromatic N) is 1. The molecule has 0 saturated carbocycles. The lowest BCUT2D eigenvalue weighted by Crippen LogP contribution is -2.60. The van der Waals surface area contributed by atoms with E-state index >= 15 is 0 Å². The van der Waals surface area contributed by atoms with Crippen LogP contribution in [0.5, 0.6) is 0 Å². The molecule has 17 heavy (non-hydrogen) atoms. The Balaban J connectivity index is 2.10. The van der Waals surface area contributed by atoms with Gasteiger partial charge in [-0.25, -0.2) is 0 Å². The Kier molecular flexibility index (Phi) is 4.11. The molecule has 0 aromatic heterocycles. The summed E-state index contributed by atoms with van der Waals surface area (Å²) in [4.78, 5) is 2.64. The SMILES string of the molecule is CC1CC(C)CN(C(C)(CN)C2CCOC2)C1. The molecular formula is C14H28N2O. The van der Waals surface area contributed by atoms with Crippen LogP contribution in [0.3, 0.4) is 0 Å². The van der Waals surface area contributed by atoms with Gasteiger partial charge in [0.25, 0.3) is 0 Å². The predicted molar refractivity (Wildman–Crippen MR) is 70.9 cm³/mol. The summed E-state index contributed by atoms with van der Waals surface area (Å²) >= 11 is 0. The second-order valence-corrected chi connectivity index (χ2v) is 6.47. The van der Waals surface area contributed by atoms with Gasteiger partial charge >= 0.3 is 0 Å². The third kappa shape index (κ3) is 2.67. The number of ether oxygens (including phenoxy) is 1. The average molecular weight is 240 g/mol. The highest BCUT2D eigenvalue weighted by molar-refractivity contribution is 4.97. The summed E-state index contributed by atoms with van der Waals surface area (Å²) in [5.41, 5.74) is 6.25. The molecule has 2 rings (SSSR count). The molecule has 4 unspecified atom stereocenters. The standard InChI is InChI=1S/C14H28N2O/c1-11-6-12(2)8-16(7-11)14(3,10-15)13-4-5-17-9-13/h11-13H,4-10,15H2,1-3H3. The van der Waals surface area contributed by atoms with Gasteiger partial charge in [0.15, 0.2) is 0 Å². The van der Waals surface area contributed by atoms with Gasteiger partial charge < -0.3 is 10.5 Å². The van der Waals surface area contributed by atoms with Crippen molar-refractivity contribution >= 4 is 0 Å². The van der Waals surface area contributed by atoms with E-state index in [4.69, 9.17) is 10.5 Å². The zero-order valence-corrected chi connectivity index (χ0v) is 11.6. The number of nitrogens with two attached hydrogens (primary N) is 1. The van der Waals surface area contributed by atoms with Crippen LogP contribution in [0.2, 0.25) is 0 Å². The lowest BCUT2D eigenvalue weighted by Gasteiger charge is -2.49. The molecule has 2 saturated heterocycles. The minimum absolute atomic E-state index is 0.138. The maximum Gasteiger partial charge on any atom is 0.0513 e. The van der Waals surface area contributed by atoms with E-state index in [0.29, 0.717) is 5.92 Å². The van der Waals surface area contributed by atoms with Crippen molar-refractivity contribution in [3.05, 3.63) is 0 Å². The summed E-state index contributed by atoms with van der Waals surface area (Å²) in [6.07, 6.45) is 2.53. The first kappa shape index (κ1) is 13.3. The topological polar surface area (TPSA) is 38.5 Å². The van der Waals surface area contributed by atoms with Crippen LogP contribution in [0.15, 0.2) is 0 Å². The normalized spacial score (nSPS) is 39.2. The van der Waals surface area contributed by atoms with Crippen molar-refractivity contribution in [2.75, 3.05) is 32.8 Å². The third-order valence-corrected chi connectivity index (χ3v) is 4.81. The van der Waals surface area contributed by atoms with E-state index in [0.717, 1.165) is 31.6 Å². The first-order valence-corrected chi connectivity index (χ1v) is 7.09. The highest BCUT2D eigenvalue weighted by Crippen LogP contribution is 2.35. The van der Waals surface area contributed by atoms with E-state index in [1.54, 1.807) is 0 Å². The Labute approximate surface area is 106 Å². The van der Waals surface area contributed by atoms with Gasteiger partial charge in [0.2, 0.25) is 0 Å². The van der Waals surface area contributed by atoms with Crippen molar-refractivity contribution in [2.24, 2.45) is 23.5 Å². The zero-order valence-electron chi connectivity index (χ0n) is 11.6. The monoisotopic (exact) mass is 240 g/mol. The first-order chi connectivity index (χ1) is 8.06. The quantitative estimate of drug-likeness (QED) is 0.816. The highest BCUT2D eigenvalue weighted by atomic mass is 16.5. The first-order valence-electron chi connectivity index (χ1n) is 7.09. The van der Waals surface area contributed by atoms with Gasteiger partial charge in [-0.3, -0.25) is 4.90 Å². The van der Waals surface area contributed by atoms with Crippen LogP contribution < -0.4 is 5.73 Å². The molecule has 3 nitrogen and oxygen atoms in total. The number of likely N-dealkylation sites (tertiary alicyclic amines) is 1. The molecule has 100 valence electrons. The van der Waals surface area contributed by atoms with Gasteiger partial charge in [-0.1, -0.05) is 13.8 Å². The van der Waals surface area contributed by atoms with Crippen LogP contribution in [0.25, 0.3) is 0 Å².